The van der Waals surface area contributed by atoms with E-state index in [1.807, 2.05) is 33.7 Å². The number of hydrogen-bond acceptors (Lipinski definition) is 3. The van der Waals surface area contributed by atoms with E-state index in [1.165, 1.54) is 6.08 Å². The Morgan fingerprint density at radius 1 is 1.25 bits per heavy atom. The molecule has 126 valence electrons. The largest absolute Gasteiger partial charge is 0.352 e. The molecule has 1 aliphatic rings. The van der Waals surface area contributed by atoms with Gasteiger partial charge in [-0.2, -0.15) is 0 Å². The zero-order valence-electron chi connectivity index (χ0n) is 13.7. The Kier molecular flexibility index (Phi) is 4.93. The zero-order chi connectivity index (χ0) is 16.9. The summed E-state index contributed by atoms with van der Waals surface area (Å²) in [5, 5.41) is 2.76. The smallest absolute Gasteiger partial charge is 0.243 e. The molecule has 0 spiro atoms. The second-order valence-electron chi connectivity index (χ2n) is 5.94. The van der Waals surface area contributed by atoms with Crippen LogP contribution >= 0.6 is 0 Å². The van der Waals surface area contributed by atoms with Crippen molar-refractivity contribution in [3.05, 3.63) is 42.7 Å². The summed E-state index contributed by atoms with van der Waals surface area (Å²) in [5.41, 5.74) is 1.83. The number of likely N-dealkylation sites (tertiary alicyclic amines) is 1. The van der Waals surface area contributed by atoms with Crippen molar-refractivity contribution in [1.29, 1.82) is 0 Å². The second kappa shape index (κ2) is 7.29. The van der Waals surface area contributed by atoms with Crippen molar-refractivity contribution in [3.63, 3.8) is 0 Å². The number of amides is 2. The SMILES string of the molecule is C=CC(=O)NCCc1nc2ccccc2n1CC(=O)N1CCCC1. The summed E-state index contributed by atoms with van der Waals surface area (Å²) in [4.78, 5) is 30.4. The molecule has 24 heavy (non-hydrogen) atoms. The van der Waals surface area contributed by atoms with E-state index in [2.05, 4.69) is 16.9 Å². The Morgan fingerprint density at radius 2 is 2.00 bits per heavy atom. The first kappa shape index (κ1) is 16.2. The minimum atomic E-state index is -0.203. The van der Waals surface area contributed by atoms with Gasteiger partial charge in [-0.25, -0.2) is 4.98 Å². The van der Waals surface area contributed by atoms with Crippen LogP contribution in [0.5, 0.6) is 0 Å². The molecule has 2 heterocycles. The lowest BCUT2D eigenvalue weighted by Gasteiger charge is -2.17. The Labute approximate surface area is 141 Å². The van der Waals surface area contributed by atoms with Gasteiger partial charge in [0.15, 0.2) is 0 Å². The maximum absolute atomic E-state index is 12.5. The fourth-order valence-electron chi connectivity index (χ4n) is 3.06. The fraction of sp³-hybridized carbons (Fsp3) is 0.389. The van der Waals surface area contributed by atoms with E-state index in [1.54, 1.807) is 0 Å². The first-order chi connectivity index (χ1) is 11.7. The highest BCUT2D eigenvalue weighted by Gasteiger charge is 2.20. The van der Waals surface area contributed by atoms with Crippen LogP contribution < -0.4 is 5.32 Å². The van der Waals surface area contributed by atoms with E-state index < -0.39 is 0 Å². The molecule has 0 bridgehead atoms. The van der Waals surface area contributed by atoms with E-state index in [9.17, 15) is 9.59 Å². The van der Waals surface area contributed by atoms with Crippen LogP contribution in [-0.4, -0.2) is 45.9 Å². The number of carbonyl (C=O) groups excluding carboxylic acids is 2. The van der Waals surface area contributed by atoms with Crippen molar-refractivity contribution in [2.24, 2.45) is 0 Å². The minimum absolute atomic E-state index is 0.132. The topological polar surface area (TPSA) is 67.2 Å². The van der Waals surface area contributed by atoms with Gasteiger partial charge in [-0.3, -0.25) is 9.59 Å². The van der Waals surface area contributed by atoms with Gasteiger partial charge in [-0.05, 0) is 31.1 Å². The molecule has 1 aliphatic heterocycles. The molecule has 6 nitrogen and oxygen atoms in total. The molecule has 0 saturated carbocycles. The average molecular weight is 326 g/mol. The summed E-state index contributed by atoms with van der Waals surface area (Å²) in [7, 11) is 0. The number of rotatable bonds is 6. The number of benzene rings is 1. The molecule has 1 N–H and O–H groups in total. The van der Waals surface area contributed by atoms with E-state index >= 15 is 0 Å². The van der Waals surface area contributed by atoms with Gasteiger partial charge in [0.25, 0.3) is 0 Å². The lowest BCUT2D eigenvalue weighted by Crippen LogP contribution is -2.32. The maximum Gasteiger partial charge on any atom is 0.243 e. The van der Waals surface area contributed by atoms with Gasteiger partial charge in [0.05, 0.1) is 11.0 Å². The number of carbonyl (C=O) groups is 2. The van der Waals surface area contributed by atoms with Crippen LogP contribution in [0.2, 0.25) is 0 Å². The summed E-state index contributed by atoms with van der Waals surface area (Å²) in [6, 6.07) is 7.80. The molecule has 2 amide bonds. The van der Waals surface area contributed by atoms with Crippen molar-refractivity contribution in [3.8, 4) is 0 Å². The van der Waals surface area contributed by atoms with Crippen molar-refractivity contribution in [2.75, 3.05) is 19.6 Å². The highest BCUT2D eigenvalue weighted by atomic mass is 16.2. The fourth-order valence-corrected chi connectivity index (χ4v) is 3.06. The molecule has 1 aromatic heterocycles. The molecular formula is C18H22N4O2. The molecule has 1 fully saturated rings. The van der Waals surface area contributed by atoms with Crippen LogP contribution in [0.1, 0.15) is 18.7 Å². The van der Waals surface area contributed by atoms with Crippen LogP contribution in [0.15, 0.2) is 36.9 Å². The van der Waals surface area contributed by atoms with Crippen LogP contribution in [0.25, 0.3) is 11.0 Å². The minimum Gasteiger partial charge on any atom is -0.352 e. The molecular weight excluding hydrogens is 304 g/mol. The summed E-state index contributed by atoms with van der Waals surface area (Å²) >= 11 is 0. The van der Waals surface area contributed by atoms with Gasteiger partial charge in [0, 0.05) is 26.1 Å². The van der Waals surface area contributed by atoms with Gasteiger partial charge in [0.1, 0.15) is 12.4 Å². The predicted molar refractivity (Wildman–Crippen MR) is 92.5 cm³/mol. The van der Waals surface area contributed by atoms with E-state index in [0.717, 1.165) is 42.8 Å². The van der Waals surface area contributed by atoms with Gasteiger partial charge in [0.2, 0.25) is 11.8 Å². The molecule has 0 unspecified atom stereocenters. The lowest BCUT2D eigenvalue weighted by molar-refractivity contribution is -0.130. The first-order valence-corrected chi connectivity index (χ1v) is 8.31. The zero-order valence-corrected chi connectivity index (χ0v) is 13.7. The monoisotopic (exact) mass is 326 g/mol. The highest BCUT2D eigenvalue weighted by molar-refractivity contribution is 5.86. The van der Waals surface area contributed by atoms with Crippen LogP contribution in [-0.2, 0) is 22.6 Å². The normalized spacial score (nSPS) is 14.1. The van der Waals surface area contributed by atoms with Crippen molar-refractivity contribution < 1.29 is 9.59 Å². The summed E-state index contributed by atoms with van der Waals surface area (Å²) in [6.45, 7) is 5.89. The molecule has 1 aromatic carbocycles. The highest BCUT2D eigenvalue weighted by Crippen LogP contribution is 2.17. The van der Waals surface area contributed by atoms with Crippen LogP contribution in [0.3, 0.4) is 0 Å². The number of hydrogen-bond donors (Lipinski definition) is 1. The molecule has 6 heteroatoms. The Morgan fingerprint density at radius 3 is 2.75 bits per heavy atom. The first-order valence-electron chi connectivity index (χ1n) is 8.31. The number of para-hydroxylation sites is 2. The second-order valence-corrected chi connectivity index (χ2v) is 5.94. The molecule has 1 saturated heterocycles. The van der Waals surface area contributed by atoms with E-state index in [0.29, 0.717) is 19.5 Å². The maximum atomic E-state index is 12.5. The number of imidazole rings is 1. The molecule has 0 radical (unpaired) electrons. The third-order valence-corrected chi connectivity index (χ3v) is 4.32. The molecule has 0 aliphatic carbocycles. The Bertz CT molecular complexity index is 759. The number of aromatic nitrogens is 2. The van der Waals surface area contributed by atoms with Gasteiger partial charge in [-0.15, -0.1) is 0 Å². The average Bonchev–Trinajstić information content (AvgIpc) is 3.23. The van der Waals surface area contributed by atoms with Gasteiger partial charge in [-0.1, -0.05) is 18.7 Å². The predicted octanol–water partition coefficient (Wildman–Crippen LogP) is 1.50. The Hall–Kier alpha value is -2.63. The van der Waals surface area contributed by atoms with Crippen molar-refractivity contribution in [1.82, 2.24) is 19.8 Å². The standard InChI is InChI=1S/C18H22N4O2/c1-2-17(23)19-10-9-16-20-14-7-3-4-8-15(14)22(16)13-18(24)21-11-5-6-12-21/h2-4,7-8H,1,5-6,9-13H2,(H,19,23). The summed E-state index contributed by atoms with van der Waals surface area (Å²) in [5.74, 6) is 0.742. The van der Waals surface area contributed by atoms with Crippen LogP contribution in [0, 0.1) is 0 Å². The third kappa shape index (κ3) is 3.48. The van der Waals surface area contributed by atoms with Crippen LogP contribution in [0.4, 0.5) is 0 Å². The van der Waals surface area contributed by atoms with Gasteiger partial charge >= 0.3 is 0 Å². The van der Waals surface area contributed by atoms with Crippen molar-refractivity contribution >= 4 is 22.8 Å². The van der Waals surface area contributed by atoms with E-state index in [4.69, 9.17) is 0 Å². The lowest BCUT2D eigenvalue weighted by atomic mass is 10.3. The number of nitrogens with one attached hydrogen (secondary N) is 1. The third-order valence-electron chi connectivity index (χ3n) is 4.32. The molecule has 0 atom stereocenters. The van der Waals surface area contributed by atoms with Crippen molar-refractivity contribution in [2.45, 2.75) is 25.8 Å². The van der Waals surface area contributed by atoms with E-state index in [-0.39, 0.29) is 11.8 Å². The van der Waals surface area contributed by atoms with Gasteiger partial charge < -0.3 is 14.8 Å². The Balaban J connectivity index is 1.80. The summed E-state index contributed by atoms with van der Waals surface area (Å²) < 4.78 is 1.97. The molecule has 3 rings (SSSR count). The summed E-state index contributed by atoms with van der Waals surface area (Å²) in [6.07, 6.45) is 3.98. The number of nitrogens with zero attached hydrogens (tertiary/aromatic N) is 3. The quantitative estimate of drug-likeness (QED) is 0.818. The number of fused-ring (bicyclic) bond motifs is 1. The molecule has 2 aromatic rings.